The summed E-state index contributed by atoms with van der Waals surface area (Å²) in [6.07, 6.45) is 3.09. The Balaban J connectivity index is 2.12. The van der Waals surface area contributed by atoms with Gasteiger partial charge in [-0.25, -0.2) is 4.98 Å². The second-order valence-corrected chi connectivity index (χ2v) is 5.87. The van der Waals surface area contributed by atoms with Crippen LogP contribution < -0.4 is 15.0 Å². The van der Waals surface area contributed by atoms with E-state index in [4.69, 9.17) is 4.74 Å². The molecule has 1 aliphatic rings. The second-order valence-electron chi connectivity index (χ2n) is 4.72. The van der Waals surface area contributed by atoms with Crippen LogP contribution in [0.1, 0.15) is 6.42 Å². The van der Waals surface area contributed by atoms with Crippen LogP contribution in [-0.4, -0.2) is 44.2 Å². The Morgan fingerprint density at radius 3 is 3.00 bits per heavy atom. The summed E-state index contributed by atoms with van der Waals surface area (Å²) in [6.45, 7) is 0.996. The van der Waals surface area contributed by atoms with Crippen LogP contribution in [0.15, 0.2) is 12.3 Å². The molecule has 18 heavy (non-hydrogen) atoms. The number of nitrogens with zero attached hydrogens (tertiary/aromatic N) is 2. The van der Waals surface area contributed by atoms with E-state index in [0.29, 0.717) is 5.88 Å². The molecule has 2 rings (SSSR count). The van der Waals surface area contributed by atoms with Gasteiger partial charge in [0, 0.05) is 26.8 Å². The van der Waals surface area contributed by atoms with Crippen molar-refractivity contribution >= 4 is 23.1 Å². The highest BCUT2D eigenvalue weighted by atomic mass is 32.2. The minimum atomic E-state index is 0.673. The number of hydrogen-bond acceptors (Lipinski definition) is 5. The molecule has 1 aliphatic heterocycles. The Labute approximate surface area is 113 Å². The van der Waals surface area contributed by atoms with Gasteiger partial charge in [-0.1, -0.05) is 0 Å². The molecule has 2 heterocycles. The average molecular weight is 267 g/mol. The van der Waals surface area contributed by atoms with Crippen molar-refractivity contribution in [1.82, 2.24) is 4.98 Å². The van der Waals surface area contributed by atoms with Crippen molar-refractivity contribution in [2.75, 3.05) is 49.5 Å². The fraction of sp³-hybridized carbons (Fsp3) is 0.615. The maximum atomic E-state index is 5.35. The molecule has 1 aromatic rings. The van der Waals surface area contributed by atoms with Gasteiger partial charge < -0.3 is 15.0 Å². The van der Waals surface area contributed by atoms with Gasteiger partial charge in [0.25, 0.3) is 0 Å². The molecule has 0 spiro atoms. The van der Waals surface area contributed by atoms with Crippen LogP contribution in [0.25, 0.3) is 0 Å². The van der Waals surface area contributed by atoms with Gasteiger partial charge in [-0.3, -0.25) is 0 Å². The molecule has 0 bridgehead atoms. The van der Waals surface area contributed by atoms with Gasteiger partial charge >= 0.3 is 0 Å². The van der Waals surface area contributed by atoms with Gasteiger partial charge in [0.15, 0.2) is 0 Å². The van der Waals surface area contributed by atoms with Crippen LogP contribution in [0, 0.1) is 5.92 Å². The highest BCUT2D eigenvalue weighted by molar-refractivity contribution is 7.99. The van der Waals surface area contributed by atoms with Crippen molar-refractivity contribution < 1.29 is 4.74 Å². The topological polar surface area (TPSA) is 37.4 Å². The smallest absolute Gasteiger partial charge is 0.239 e. The number of ether oxygens (including phenoxy) is 1. The van der Waals surface area contributed by atoms with E-state index in [-0.39, 0.29) is 0 Å². The average Bonchev–Trinajstić information content (AvgIpc) is 2.88. The lowest BCUT2D eigenvalue weighted by Gasteiger charge is -2.21. The lowest BCUT2D eigenvalue weighted by molar-refractivity contribution is 0.399. The summed E-state index contributed by atoms with van der Waals surface area (Å²) in [4.78, 5) is 6.35. The molecule has 0 radical (unpaired) electrons. The molecule has 0 aliphatic carbocycles. The number of thioether (sulfide) groups is 1. The first-order valence-corrected chi connectivity index (χ1v) is 7.39. The van der Waals surface area contributed by atoms with Crippen molar-refractivity contribution in [3.63, 3.8) is 0 Å². The third-order valence-electron chi connectivity index (χ3n) is 3.16. The Hall–Kier alpha value is -1.10. The van der Waals surface area contributed by atoms with Crippen molar-refractivity contribution in [2.45, 2.75) is 6.42 Å². The highest BCUT2D eigenvalue weighted by Gasteiger charge is 2.18. The van der Waals surface area contributed by atoms with Gasteiger partial charge in [0.2, 0.25) is 5.88 Å². The second kappa shape index (κ2) is 6.18. The van der Waals surface area contributed by atoms with Crippen LogP contribution in [-0.2, 0) is 0 Å². The Morgan fingerprint density at radius 1 is 1.56 bits per heavy atom. The van der Waals surface area contributed by atoms with E-state index in [1.165, 1.54) is 17.9 Å². The Morgan fingerprint density at radius 2 is 2.39 bits per heavy atom. The summed E-state index contributed by atoms with van der Waals surface area (Å²) >= 11 is 2.04. The van der Waals surface area contributed by atoms with Gasteiger partial charge in [-0.15, -0.1) is 0 Å². The fourth-order valence-electron chi connectivity index (χ4n) is 2.12. The number of hydrogen-bond donors (Lipinski definition) is 1. The van der Waals surface area contributed by atoms with E-state index in [0.717, 1.165) is 23.8 Å². The van der Waals surface area contributed by atoms with E-state index in [2.05, 4.69) is 15.2 Å². The monoisotopic (exact) mass is 267 g/mol. The maximum Gasteiger partial charge on any atom is 0.239 e. The van der Waals surface area contributed by atoms with Crippen molar-refractivity contribution in [3.05, 3.63) is 12.3 Å². The standard InChI is InChI=1S/C13H21N3OS/c1-16(2)11-4-6-14-13(17-3)12(11)15-8-10-5-7-18-9-10/h4,6,10,15H,5,7-9H2,1-3H3. The summed E-state index contributed by atoms with van der Waals surface area (Å²) in [7, 11) is 5.73. The lowest BCUT2D eigenvalue weighted by Crippen LogP contribution is -2.18. The molecule has 1 fully saturated rings. The van der Waals surface area contributed by atoms with Crippen molar-refractivity contribution in [1.29, 1.82) is 0 Å². The number of aromatic nitrogens is 1. The van der Waals surface area contributed by atoms with Gasteiger partial charge in [-0.2, -0.15) is 11.8 Å². The molecule has 4 nitrogen and oxygen atoms in total. The highest BCUT2D eigenvalue weighted by Crippen LogP contribution is 2.33. The molecule has 100 valence electrons. The molecule has 1 saturated heterocycles. The largest absolute Gasteiger partial charge is 0.479 e. The van der Waals surface area contributed by atoms with Crippen molar-refractivity contribution in [2.24, 2.45) is 5.92 Å². The fourth-order valence-corrected chi connectivity index (χ4v) is 3.40. The lowest BCUT2D eigenvalue weighted by atomic mass is 10.1. The first kappa shape index (κ1) is 13.3. The Kier molecular flexibility index (Phi) is 4.58. The van der Waals surface area contributed by atoms with E-state index in [1.54, 1.807) is 13.3 Å². The number of rotatable bonds is 5. The summed E-state index contributed by atoms with van der Waals surface area (Å²) < 4.78 is 5.35. The third kappa shape index (κ3) is 3.02. The molecule has 0 aromatic carbocycles. The van der Waals surface area contributed by atoms with E-state index in [1.807, 2.05) is 31.9 Å². The zero-order valence-electron chi connectivity index (χ0n) is 11.3. The van der Waals surface area contributed by atoms with Gasteiger partial charge in [-0.05, 0) is 29.9 Å². The minimum absolute atomic E-state index is 0.673. The first-order valence-electron chi connectivity index (χ1n) is 6.24. The van der Waals surface area contributed by atoms with Crippen LogP contribution >= 0.6 is 11.8 Å². The van der Waals surface area contributed by atoms with E-state index < -0.39 is 0 Å². The number of methoxy groups -OCH3 is 1. The number of pyridine rings is 1. The normalized spacial score (nSPS) is 18.7. The third-order valence-corrected chi connectivity index (χ3v) is 4.39. The minimum Gasteiger partial charge on any atom is -0.479 e. The number of nitrogens with one attached hydrogen (secondary N) is 1. The molecular formula is C13H21N3OS. The zero-order valence-corrected chi connectivity index (χ0v) is 12.1. The molecule has 5 heteroatoms. The summed E-state index contributed by atoms with van der Waals surface area (Å²) in [5.74, 6) is 3.98. The molecule has 0 amide bonds. The first-order chi connectivity index (χ1) is 8.72. The molecule has 0 saturated carbocycles. The Bertz CT molecular complexity index is 392. The van der Waals surface area contributed by atoms with Crippen LogP contribution in [0.5, 0.6) is 5.88 Å². The van der Waals surface area contributed by atoms with E-state index in [9.17, 15) is 0 Å². The van der Waals surface area contributed by atoms with Crippen molar-refractivity contribution in [3.8, 4) is 5.88 Å². The molecule has 1 atom stereocenters. The van der Waals surface area contributed by atoms with Gasteiger partial charge in [0.1, 0.15) is 5.69 Å². The van der Waals surface area contributed by atoms with Crippen LogP contribution in [0.3, 0.4) is 0 Å². The summed E-state index contributed by atoms with van der Waals surface area (Å²) in [5.41, 5.74) is 2.12. The SMILES string of the molecule is COc1nccc(N(C)C)c1NCC1CCSC1. The summed E-state index contributed by atoms with van der Waals surface area (Å²) in [5, 5.41) is 3.51. The molecule has 1 unspecified atom stereocenters. The summed E-state index contributed by atoms with van der Waals surface area (Å²) in [6, 6.07) is 2.01. The predicted molar refractivity (Wildman–Crippen MR) is 79.0 cm³/mol. The molecule has 1 N–H and O–H groups in total. The van der Waals surface area contributed by atoms with Crippen LogP contribution in [0.4, 0.5) is 11.4 Å². The molecule has 1 aromatic heterocycles. The zero-order chi connectivity index (χ0) is 13.0. The predicted octanol–water partition coefficient (Wildman–Crippen LogP) is 2.32. The van der Waals surface area contributed by atoms with Gasteiger partial charge in [0.05, 0.1) is 12.8 Å². The van der Waals surface area contributed by atoms with Crippen LogP contribution in [0.2, 0.25) is 0 Å². The molecular weight excluding hydrogens is 246 g/mol. The number of anilines is 2. The van der Waals surface area contributed by atoms with E-state index >= 15 is 0 Å². The quantitative estimate of drug-likeness (QED) is 0.886. The maximum absolute atomic E-state index is 5.35.